The Balaban J connectivity index is 2.81. The van der Waals surface area contributed by atoms with Gasteiger partial charge in [0.2, 0.25) is 0 Å². The van der Waals surface area contributed by atoms with Gasteiger partial charge in [0.05, 0.1) is 0 Å². The van der Waals surface area contributed by atoms with Gasteiger partial charge in [-0.3, -0.25) is 4.79 Å². The third-order valence-corrected chi connectivity index (χ3v) is 2.83. The number of ketones is 1. The lowest BCUT2D eigenvalue weighted by atomic mass is 10.0. The molecule has 0 aliphatic heterocycles. The average molecular weight is 291 g/mol. The first-order valence-corrected chi connectivity index (χ1v) is 5.52. The predicted molar refractivity (Wildman–Crippen MR) is 58.8 cm³/mol. The highest BCUT2D eigenvalue weighted by atomic mass is 79.9. The SMILES string of the molecule is CCC(C)C(=O)Cn1nc([N+](=O)[O-])nc1Br. The van der Waals surface area contributed by atoms with E-state index < -0.39 is 10.9 Å². The van der Waals surface area contributed by atoms with Crippen LogP contribution in [0.2, 0.25) is 0 Å². The molecular weight excluding hydrogens is 280 g/mol. The molecule has 1 heterocycles. The first kappa shape index (κ1) is 12.8. The Hall–Kier alpha value is -1.31. The fourth-order valence-corrected chi connectivity index (χ4v) is 1.38. The van der Waals surface area contributed by atoms with E-state index >= 15 is 0 Å². The van der Waals surface area contributed by atoms with Gasteiger partial charge >= 0.3 is 5.95 Å². The Labute approximate surface area is 100 Å². The van der Waals surface area contributed by atoms with E-state index in [0.29, 0.717) is 0 Å². The van der Waals surface area contributed by atoms with Crippen molar-refractivity contribution in [2.45, 2.75) is 26.8 Å². The minimum Gasteiger partial charge on any atom is -0.390 e. The zero-order chi connectivity index (χ0) is 12.3. The zero-order valence-electron chi connectivity index (χ0n) is 8.88. The summed E-state index contributed by atoms with van der Waals surface area (Å²) in [7, 11) is 0. The van der Waals surface area contributed by atoms with Gasteiger partial charge in [-0.2, -0.15) is 4.68 Å². The molecule has 0 aromatic carbocycles. The summed E-state index contributed by atoms with van der Waals surface area (Å²) in [4.78, 5) is 24.9. The second-order valence-electron chi connectivity index (χ2n) is 3.37. The second-order valence-corrected chi connectivity index (χ2v) is 4.08. The van der Waals surface area contributed by atoms with E-state index in [0.717, 1.165) is 6.42 Å². The summed E-state index contributed by atoms with van der Waals surface area (Å²) in [5.41, 5.74) is 0. The van der Waals surface area contributed by atoms with Crippen molar-refractivity contribution in [3.63, 3.8) is 0 Å². The first-order valence-electron chi connectivity index (χ1n) is 4.73. The van der Waals surface area contributed by atoms with E-state index in [-0.39, 0.29) is 23.0 Å². The largest absolute Gasteiger partial charge is 0.492 e. The number of nitrogens with zero attached hydrogens (tertiary/aromatic N) is 4. The van der Waals surface area contributed by atoms with Crippen LogP contribution in [0.1, 0.15) is 20.3 Å². The topological polar surface area (TPSA) is 90.9 Å². The molecule has 1 aromatic heterocycles. The molecular formula is C8H11BrN4O3. The molecule has 1 rings (SSSR count). The maximum Gasteiger partial charge on any atom is 0.492 e. The molecule has 0 saturated carbocycles. The van der Waals surface area contributed by atoms with Crippen LogP contribution in [0.25, 0.3) is 0 Å². The summed E-state index contributed by atoms with van der Waals surface area (Å²) >= 11 is 3.02. The van der Waals surface area contributed by atoms with Gasteiger partial charge in [-0.15, -0.1) is 0 Å². The van der Waals surface area contributed by atoms with Crippen LogP contribution in [0.15, 0.2) is 4.73 Å². The van der Waals surface area contributed by atoms with E-state index in [2.05, 4.69) is 26.0 Å². The van der Waals surface area contributed by atoms with Gasteiger partial charge in [0.1, 0.15) is 6.54 Å². The van der Waals surface area contributed by atoms with Crippen molar-refractivity contribution < 1.29 is 9.72 Å². The summed E-state index contributed by atoms with van der Waals surface area (Å²) in [5.74, 6) is -0.623. The lowest BCUT2D eigenvalue weighted by Crippen LogP contribution is -2.18. The molecule has 16 heavy (non-hydrogen) atoms. The minimum atomic E-state index is -0.699. The van der Waals surface area contributed by atoms with Crippen LogP contribution >= 0.6 is 15.9 Å². The standard InChI is InChI=1S/C8H11BrN4O3/c1-3-5(2)6(14)4-12-7(9)10-8(11-12)13(15)16/h5H,3-4H2,1-2H3. The van der Waals surface area contributed by atoms with E-state index in [4.69, 9.17) is 0 Å². The molecule has 8 heteroatoms. The van der Waals surface area contributed by atoms with Crippen molar-refractivity contribution in [2.24, 2.45) is 5.92 Å². The van der Waals surface area contributed by atoms with Gasteiger partial charge in [-0.25, -0.2) is 0 Å². The summed E-state index contributed by atoms with van der Waals surface area (Å²) < 4.78 is 1.38. The third kappa shape index (κ3) is 2.84. The van der Waals surface area contributed by atoms with Crippen LogP contribution in [0.5, 0.6) is 0 Å². The van der Waals surface area contributed by atoms with Crippen molar-refractivity contribution in [2.75, 3.05) is 0 Å². The average Bonchev–Trinajstić information content (AvgIpc) is 2.59. The molecule has 0 N–H and O–H groups in total. The van der Waals surface area contributed by atoms with Crippen LogP contribution in [0.4, 0.5) is 5.95 Å². The lowest BCUT2D eigenvalue weighted by Gasteiger charge is -2.04. The smallest absolute Gasteiger partial charge is 0.390 e. The molecule has 88 valence electrons. The molecule has 1 unspecified atom stereocenters. The molecule has 0 aliphatic rings. The monoisotopic (exact) mass is 290 g/mol. The van der Waals surface area contributed by atoms with Crippen molar-refractivity contribution in [1.29, 1.82) is 0 Å². The van der Waals surface area contributed by atoms with E-state index in [1.54, 1.807) is 0 Å². The molecule has 0 radical (unpaired) electrons. The Kier molecular flexibility index (Phi) is 4.11. The fraction of sp³-hybridized carbons (Fsp3) is 0.625. The van der Waals surface area contributed by atoms with Gasteiger partial charge in [-0.1, -0.05) is 13.8 Å². The molecule has 0 aliphatic carbocycles. The normalized spacial score (nSPS) is 12.4. The number of aromatic nitrogens is 3. The van der Waals surface area contributed by atoms with Crippen molar-refractivity contribution in [3.05, 3.63) is 14.8 Å². The second kappa shape index (κ2) is 5.15. The number of hydrogen-bond donors (Lipinski definition) is 0. The molecule has 0 saturated heterocycles. The highest BCUT2D eigenvalue weighted by Gasteiger charge is 2.22. The van der Waals surface area contributed by atoms with E-state index in [1.165, 1.54) is 4.68 Å². The summed E-state index contributed by atoms with van der Waals surface area (Å²) in [6, 6.07) is 0. The van der Waals surface area contributed by atoms with Gasteiger partial charge in [0.15, 0.2) is 5.78 Å². The molecule has 0 bridgehead atoms. The number of nitro groups is 1. The Bertz CT molecular complexity index is 417. The minimum absolute atomic E-state index is 0.00354. The van der Waals surface area contributed by atoms with Crippen molar-refractivity contribution in [3.8, 4) is 0 Å². The van der Waals surface area contributed by atoms with Gasteiger partial charge < -0.3 is 10.1 Å². The lowest BCUT2D eigenvalue weighted by molar-refractivity contribution is -0.394. The highest BCUT2D eigenvalue weighted by Crippen LogP contribution is 2.13. The molecule has 1 atom stereocenters. The summed E-state index contributed by atoms with van der Waals surface area (Å²) in [6.07, 6.45) is 0.729. The molecule has 0 amide bonds. The molecule has 7 nitrogen and oxygen atoms in total. The fourth-order valence-electron chi connectivity index (χ4n) is 1.02. The quantitative estimate of drug-likeness (QED) is 0.606. The zero-order valence-corrected chi connectivity index (χ0v) is 10.5. The number of carbonyl (C=O) groups is 1. The summed E-state index contributed by atoms with van der Waals surface area (Å²) in [5, 5.41) is 14.0. The Morgan fingerprint density at radius 3 is 2.75 bits per heavy atom. The van der Waals surface area contributed by atoms with E-state index in [9.17, 15) is 14.9 Å². The van der Waals surface area contributed by atoms with Crippen molar-refractivity contribution in [1.82, 2.24) is 14.8 Å². The van der Waals surface area contributed by atoms with E-state index in [1.807, 2.05) is 13.8 Å². The molecule has 0 fully saturated rings. The number of rotatable bonds is 5. The predicted octanol–water partition coefficient (Wildman–Crippen LogP) is 1.56. The van der Waals surface area contributed by atoms with Crippen LogP contribution in [-0.2, 0) is 11.3 Å². The number of Topliss-reactive ketones (excluding diaryl/α,β-unsaturated/α-hetero) is 1. The van der Waals surface area contributed by atoms with Crippen LogP contribution < -0.4 is 0 Å². The first-order chi connectivity index (χ1) is 7.45. The number of halogens is 1. The van der Waals surface area contributed by atoms with Gasteiger partial charge in [-0.05, 0) is 16.3 Å². The molecule has 0 spiro atoms. The maximum absolute atomic E-state index is 11.6. The van der Waals surface area contributed by atoms with Crippen LogP contribution in [0, 0.1) is 16.0 Å². The maximum atomic E-state index is 11.6. The van der Waals surface area contributed by atoms with Crippen LogP contribution in [-0.4, -0.2) is 25.5 Å². The third-order valence-electron chi connectivity index (χ3n) is 2.25. The summed E-state index contributed by atoms with van der Waals surface area (Å²) in [6.45, 7) is 3.71. The number of hydrogen-bond acceptors (Lipinski definition) is 5. The Morgan fingerprint density at radius 2 is 2.31 bits per heavy atom. The van der Waals surface area contributed by atoms with Crippen LogP contribution in [0.3, 0.4) is 0 Å². The number of carbonyl (C=O) groups excluding carboxylic acids is 1. The van der Waals surface area contributed by atoms with Crippen molar-refractivity contribution >= 4 is 27.7 Å². The van der Waals surface area contributed by atoms with Gasteiger partial charge in [0, 0.05) is 26.9 Å². The molecule has 1 aromatic rings. The highest BCUT2D eigenvalue weighted by molar-refractivity contribution is 9.10. The van der Waals surface area contributed by atoms with Gasteiger partial charge in [0.25, 0.3) is 4.73 Å². The Morgan fingerprint density at radius 1 is 1.69 bits per heavy atom.